The van der Waals surface area contributed by atoms with E-state index < -0.39 is 0 Å². The second-order valence-corrected chi connectivity index (χ2v) is 9.36. The summed E-state index contributed by atoms with van der Waals surface area (Å²) in [5.74, 6) is 0.434. The molecule has 3 aromatic rings. The maximum atomic E-state index is 12.5. The molecule has 0 bridgehead atoms. The largest absolute Gasteiger partial charge is 0.370 e. The summed E-state index contributed by atoms with van der Waals surface area (Å²) in [6.45, 7) is 3.92. The number of nitrogens with one attached hydrogen (secondary N) is 2. The van der Waals surface area contributed by atoms with E-state index in [1.165, 1.54) is 24.0 Å². The summed E-state index contributed by atoms with van der Waals surface area (Å²) in [6, 6.07) is 28.6. The normalized spacial score (nSPS) is 14.9. The van der Waals surface area contributed by atoms with Crippen molar-refractivity contribution >= 4 is 17.6 Å². The lowest BCUT2D eigenvalue weighted by molar-refractivity contribution is -0.121. The minimum atomic E-state index is -0.0900. The maximum Gasteiger partial charge on any atom is 0.220 e. The van der Waals surface area contributed by atoms with Crippen molar-refractivity contribution in [1.82, 2.24) is 10.2 Å². The van der Waals surface area contributed by atoms with Crippen LogP contribution >= 0.6 is 0 Å². The topological polar surface area (TPSA) is 82.7 Å². The van der Waals surface area contributed by atoms with E-state index in [1.807, 2.05) is 48.5 Å². The third kappa shape index (κ3) is 8.24. The molecule has 0 saturated carbocycles. The average molecular weight is 484 g/mol. The first-order chi connectivity index (χ1) is 17.7. The van der Waals surface area contributed by atoms with Crippen molar-refractivity contribution in [2.24, 2.45) is 10.7 Å². The fraction of sp³-hybridized carbons (Fsp3) is 0.333. The van der Waals surface area contributed by atoms with Gasteiger partial charge in [-0.1, -0.05) is 72.8 Å². The van der Waals surface area contributed by atoms with Gasteiger partial charge in [0, 0.05) is 25.2 Å². The Morgan fingerprint density at radius 1 is 0.889 bits per heavy atom. The lowest BCUT2D eigenvalue weighted by Crippen LogP contribution is -2.34. The van der Waals surface area contributed by atoms with Crippen LogP contribution in [0.1, 0.15) is 31.2 Å². The van der Waals surface area contributed by atoms with Crippen LogP contribution in [0, 0.1) is 0 Å². The monoisotopic (exact) mass is 483 g/mol. The average Bonchev–Trinajstić information content (AvgIpc) is 3.42. The smallest absolute Gasteiger partial charge is 0.220 e. The summed E-state index contributed by atoms with van der Waals surface area (Å²) in [5, 5.41) is 6.28. The molecule has 4 rings (SSSR count). The Bertz CT molecular complexity index is 1090. The third-order valence-corrected chi connectivity index (χ3v) is 6.55. The van der Waals surface area contributed by atoms with Crippen LogP contribution in [0.2, 0.25) is 0 Å². The number of benzene rings is 3. The minimum Gasteiger partial charge on any atom is -0.370 e. The number of carbonyl (C=O) groups excluding carboxylic acids is 1. The molecule has 1 amide bonds. The van der Waals surface area contributed by atoms with E-state index in [1.54, 1.807) is 0 Å². The van der Waals surface area contributed by atoms with Gasteiger partial charge in [-0.25, -0.2) is 4.99 Å². The second-order valence-electron chi connectivity index (χ2n) is 9.36. The molecule has 1 atom stereocenters. The summed E-state index contributed by atoms with van der Waals surface area (Å²) in [7, 11) is 0. The number of amides is 1. The van der Waals surface area contributed by atoms with Gasteiger partial charge in [0.05, 0.1) is 6.04 Å². The minimum absolute atomic E-state index is 0.0745. The quantitative estimate of drug-likeness (QED) is 0.273. The summed E-state index contributed by atoms with van der Waals surface area (Å²) in [5.41, 5.74) is 10.7. The molecule has 1 saturated heterocycles. The second kappa shape index (κ2) is 13.4. The Kier molecular flexibility index (Phi) is 9.51. The van der Waals surface area contributed by atoms with E-state index in [9.17, 15) is 4.79 Å². The van der Waals surface area contributed by atoms with E-state index >= 15 is 0 Å². The van der Waals surface area contributed by atoms with Crippen LogP contribution in [-0.2, 0) is 11.2 Å². The molecule has 0 spiro atoms. The number of rotatable bonds is 11. The molecule has 1 aliphatic rings. The lowest BCUT2D eigenvalue weighted by atomic mass is 10.0. The van der Waals surface area contributed by atoms with Gasteiger partial charge in [0.2, 0.25) is 5.91 Å². The number of anilines is 1. The Balaban J connectivity index is 1.33. The van der Waals surface area contributed by atoms with E-state index in [-0.39, 0.29) is 11.9 Å². The molecule has 36 heavy (non-hydrogen) atoms. The van der Waals surface area contributed by atoms with Crippen LogP contribution in [0.5, 0.6) is 0 Å². The summed E-state index contributed by atoms with van der Waals surface area (Å²) in [4.78, 5) is 19.6. The van der Waals surface area contributed by atoms with Crippen LogP contribution in [0.25, 0.3) is 11.1 Å². The zero-order valence-electron chi connectivity index (χ0n) is 20.9. The van der Waals surface area contributed by atoms with Crippen molar-refractivity contribution in [3.63, 3.8) is 0 Å². The number of nitrogens with zero attached hydrogens (tertiary/aromatic N) is 2. The van der Waals surface area contributed by atoms with E-state index in [4.69, 9.17) is 10.7 Å². The molecule has 6 heteroatoms. The van der Waals surface area contributed by atoms with Gasteiger partial charge in [-0.3, -0.25) is 4.79 Å². The Morgan fingerprint density at radius 2 is 1.53 bits per heavy atom. The van der Waals surface area contributed by atoms with Crippen molar-refractivity contribution in [1.29, 1.82) is 0 Å². The number of aliphatic imine (C=N–C) groups is 1. The molecule has 188 valence electrons. The van der Waals surface area contributed by atoms with Crippen molar-refractivity contribution in [3.05, 3.63) is 90.5 Å². The van der Waals surface area contributed by atoms with Gasteiger partial charge in [-0.05, 0) is 67.6 Å². The molecule has 1 fully saturated rings. The number of nitrogens with two attached hydrogens (primary N) is 1. The van der Waals surface area contributed by atoms with Crippen molar-refractivity contribution in [2.45, 2.75) is 38.1 Å². The SMILES string of the molecule is NC(=N[C@H](CCC(=O)NCCN1CCCC1)Cc1ccccc1)Nc1ccc(-c2ccccc2)cc1. The van der Waals surface area contributed by atoms with E-state index in [2.05, 4.69) is 51.9 Å². The lowest BCUT2D eigenvalue weighted by Gasteiger charge is -2.16. The highest BCUT2D eigenvalue weighted by Crippen LogP contribution is 2.21. The molecule has 0 aromatic heterocycles. The number of likely N-dealkylation sites (tertiary alicyclic amines) is 1. The zero-order chi connectivity index (χ0) is 25.0. The van der Waals surface area contributed by atoms with Gasteiger partial charge in [-0.2, -0.15) is 0 Å². The predicted octanol–water partition coefficient (Wildman–Crippen LogP) is 4.68. The van der Waals surface area contributed by atoms with Gasteiger partial charge in [-0.15, -0.1) is 0 Å². The molecule has 1 heterocycles. The molecule has 0 unspecified atom stereocenters. The standard InChI is InChI=1S/C30H37N5O/c31-30(33-27-15-13-26(14-16-27)25-11-5-2-6-12-25)34-28(23-24-9-3-1-4-10-24)17-18-29(36)32-19-22-35-20-7-8-21-35/h1-6,9-16,28H,7-8,17-23H2,(H,32,36)(H3,31,33,34)/t28-/m1/s1. The first-order valence-electron chi connectivity index (χ1n) is 12.9. The van der Waals surface area contributed by atoms with Gasteiger partial charge >= 0.3 is 0 Å². The van der Waals surface area contributed by atoms with Crippen molar-refractivity contribution < 1.29 is 4.79 Å². The van der Waals surface area contributed by atoms with Crippen molar-refractivity contribution in [2.75, 3.05) is 31.5 Å². The van der Waals surface area contributed by atoms with Crippen molar-refractivity contribution in [3.8, 4) is 11.1 Å². The molecular formula is C30H37N5O. The number of guanidine groups is 1. The Morgan fingerprint density at radius 3 is 2.22 bits per heavy atom. The van der Waals surface area contributed by atoms with Crippen LogP contribution in [0.4, 0.5) is 5.69 Å². The highest BCUT2D eigenvalue weighted by atomic mass is 16.1. The van der Waals surface area contributed by atoms with Gasteiger partial charge in [0.25, 0.3) is 0 Å². The first kappa shape index (κ1) is 25.5. The molecular weight excluding hydrogens is 446 g/mol. The summed E-state index contributed by atoms with van der Waals surface area (Å²) >= 11 is 0. The summed E-state index contributed by atoms with van der Waals surface area (Å²) in [6.07, 6.45) is 4.33. The molecule has 0 radical (unpaired) electrons. The maximum absolute atomic E-state index is 12.5. The zero-order valence-corrected chi connectivity index (χ0v) is 20.9. The molecule has 1 aliphatic heterocycles. The van der Waals surface area contributed by atoms with Crippen LogP contribution in [-0.4, -0.2) is 49.0 Å². The fourth-order valence-electron chi connectivity index (χ4n) is 4.60. The van der Waals surface area contributed by atoms with Gasteiger partial charge < -0.3 is 21.3 Å². The Labute approximate surface area is 214 Å². The number of hydrogen-bond donors (Lipinski definition) is 3. The molecule has 0 aliphatic carbocycles. The van der Waals surface area contributed by atoms with Crippen LogP contribution < -0.4 is 16.4 Å². The van der Waals surface area contributed by atoms with E-state index in [0.29, 0.717) is 25.3 Å². The van der Waals surface area contributed by atoms with Crippen LogP contribution in [0.3, 0.4) is 0 Å². The van der Waals surface area contributed by atoms with Gasteiger partial charge in [0.1, 0.15) is 0 Å². The van der Waals surface area contributed by atoms with Crippen LogP contribution in [0.15, 0.2) is 89.9 Å². The summed E-state index contributed by atoms with van der Waals surface area (Å²) < 4.78 is 0. The molecule has 3 aromatic carbocycles. The third-order valence-electron chi connectivity index (χ3n) is 6.55. The van der Waals surface area contributed by atoms with E-state index in [0.717, 1.165) is 37.3 Å². The Hall–Kier alpha value is -3.64. The van der Waals surface area contributed by atoms with Gasteiger partial charge in [0.15, 0.2) is 5.96 Å². The highest BCUT2D eigenvalue weighted by Gasteiger charge is 2.14. The number of carbonyl (C=O) groups is 1. The highest BCUT2D eigenvalue weighted by molar-refractivity contribution is 5.92. The predicted molar refractivity (Wildman–Crippen MR) is 149 cm³/mol. The fourth-order valence-corrected chi connectivity index (χ4v) is 4.60. The first-order valence-corrected chi connectivity index (χ1v) is 12.9. The molecule has 6 nitrogen and oxygen atoms in total. The molecule has 4 N–H and O–H groups in total. The number of hydrogen-bond acceptors (Lipinski definition) is 3.